The summed E-state index contributed by atoms with van der Waals surface area (Å²) in [6.45, 7) is 3.85. The van der Waals surface area contributed by atoms with Gasteiger partial charge in [0.25, 0.3) is 0 Å². The Labute approximate surface area is 87.8 Å². The minimum absolute atomic E-state index is 0.372. The highest BCUT2D eigenvalue weighted by Gasteiger charge is 2.08. The Morgan fingerprint density at radius 3 is 2.73 bits per heavy atom. The van der Waals surface area contributed by atoms with Crippen molar-refractivity contribution in [2.75, 3.05) is 0 Å². The third-order valence-electron chi connectivity index (χ3n) is 2.25. The van der Waals surface area contributed by atoms with E-state index in [-0.39, 0.29) is 0 Å². The highest BCUT2D eigenvalue weighted by Crippen LogP contribution is 2.12. The molecule has 0 saturated carbocycles. The van der Waals surface area contributed by atoms with Crippen molar-refractivity contribution in [2.45, 2.75) is 13.8 Å². The summed E-state index contributed by atoms with van der Waals surface area (Å²) in [4.78, 5) is 0. The number of hydrogen-bond acceptors (Lipinski definition) is 3. The summed E-state index contributed by atoms with van der Waals surface area (Å²) in [6, 6.07) is 9.92. The summed E-state index contributed by atoms with van der Waals surface area (Å²) in [6.07, 6.45) is 0. The zero-order valence-corrected chi connectivity index (χ0v) is 8.60. The molecule has 0 unspecified atom stereocenters. The van der Waals surface area contributed by atoms with E-state index < -0.39 is 0 Å². The molecule has 74 valence electrons. The molecule has 0 N–H and O–H groups in total. The number of nitriles is 1. The molecule has 0 amide bonds. The van der Waals surface area contributed by atoms with Crippen LogP contribution in [0.3, 0.4) is 0 Å². The average Bonchev–Trinajstić information content (AvgIpc) is 2.59. The zero-order chi connectivity index (χ0) is 10.8. The van der Waals surface area contributed by atoms with Gasteiger partial charge in [0.05, 0.1) is 11.4 Å². The Balaban J connectivity index is 2.56. The van der Waals surface area contributed by atoms with Gasteiger partial charge in [-0.05, 0) is 31.5 Å². The highest BCUT2D eigenvalue weighted by atomic mass is 15.4. The highest BCUT2D eigenvalue weighted by molar-refractivity contribution is 5.38. The third-order valence-corrected chi connectivity index (χ3v) is 2.25. The van der Waals surface area contributed by atoms with Crippen molar-refractivity contribution >= 4 is 0 Å². The third kappa shape index (κ3) is 1.59. The maximum Gasteiger partial charge on any atom is 0.186 e. The Bertz CT molecular complexity index is 534. The Morgan fingerprint density at radius 2 is 2.13 bits per heavy atom. The van der Waals surface area contributed by atoms with Crippen LogP contribution in [0.25, 0.3) is 5.69 Å². The summed E-state index contributed by atoms with van der Waals surface area (Å²) in [5.41, 5.74) is 3.22. The molecule has 2 rings (SSSR count). The molecule has 0 radical (unpaired) electrons. The van der Waals surface area contributed by atoms with Gasteiger partial charge in [0.1, 0.15) is 6.07 Å². The lowest BCUT2D eigenvalue weighted by Gasteiger charge is -2.03. The number of rotatable bonds is 1. The van der Waals surface area contributed by atoms with E-state index in [1.807, 2.05) is 44.2 Å². The first kappa shape index (κ1) is 9.41. The molecule has 0 saturated heterocycles. The van der Waals surface area contributed by atoms with Gasteiger partial charge in [0, 0.05) is 0 Å². The molecule has 0 aliphatic carbocycles. The number of aryl methyl sites for hydroxylation is 1. The van der Waals surface area contributed by atoms with Crippen molar-refractivity contribution in [1.29, 1.82) is 5.26 Å². The smallest absolute Gasteiger partial charge is 0.186 e. The Kier molecular flexibility index (Phi) is 2.22. The quantitative estimate of drug-likeness (QED) is 0.701. The zero-order valence-electron chi connectivity index (χ0n) is 8.60. The van der Waals surface area contributed by atoms with E-state index in [0.717, 1.165) is 16.9 Å². The largest absolute Gasteiger partial charge is 0.216 e. The molecule has 0 bridgehead atoms. The Morgan fingerprint density at radius 1 is 1.33 bits per heavy atom. The second-order valence-corrected chi connectivity index (χ2v) is 3.39. The van der Waals surface area contributed by atoms with Crippen LogP contribution in [-0.4, -0.2) is 15.0 Å². The van der Waals surface area contributed by atoms with Crippen LogP contribution in [0.15, 0.2) is 24.3 Å². The van der Waals surface area contributed by atoms with Crippen LogP contribution in [-0.2, 0) is 0 Å². The van der Waals surface area contributed by atoms with Crippen LogP contribution >= 0.6 is 0 Å². The van der Waals surface area contributed by atoms with Gasteiger partial charge >= 0.3 is 0 Å². The molecule has 4 heteroatoms. The molecule has 1 heterocycles. The minimum Gasteiger partial charge on any atom is -0.216 e. The number of aromatic nitrogens is 3. The van der Waals surface area contributed by atoms with E-state index in [4.69, 9.17) is 5.26 Å². The SMILES string of the molecule is Cc1cccc(-n2nnc(C#N)c2C)c1. The molecule has 0 spiro atoms. The van der Waals surface area contributed by atoms with Crippen LogP contribution in [0.4, 0.5) is 0 Å². The van der Waals surface area contributed by atoms with Crippen molar-refractivity contribution in [3.63, 3.8) is 0 Å². The average molecular weight is 198 g/mol. The molecule has 1 aromatic heterocycles. The Hall–Kier alpha value is -2.15. The fourth-order valence-corrected chi connectivity index (χ4v) is 1.44. The molecule has 0 aliphatic rings. The monoisotopic (exact) mass is 198 g/mol. The van der Waals surface area contributed by atoms with E-state index in [9.17, 15) is 0 Å². The maximum absolute atomic E-state index is 8.77. The van der Waals surface area contributed by atoms with Gasteiger partial charge in [-0.3, -0.25) is 0 Å². The van der Waals surface area contributed by atoms with Crippen LogP contribution < -0.4 is 0 Å². The fraction of sp³-hybridized carbons (Fsp3) is 0.182. The topological polar surface area (TPSA) is 54.5 Å². The van der Waals surface area contributed by atoms with Crippen molar-refractivity contribution in [1.82, 2.24) is 15.0 Å². The van der Waals surface area contributed by atoms with Crippen molar-refractivity contribution in [2.24, 2.45) is 0 Å². The van der Waals surface area contributed by atoms with Crippen LogP contribution in [0, 0.1) is 25.2 Å². The summed E-state index contributed by atoms with van der Waals surface area (Å²) in [5.74, 6) is 0. The van der Waals surface area contributed by atoms with Crippen LogP contribution in [0.1, 0.15) is 17.0 Å². The van der Waals surface area contributed by atoms with Crippen molar-refractivity contribution in [3.8, 4) is 11.8 Å². The van der Waals surface area contributed by atoms with E-state index in [2.05, 4.69) is 10.3 Å². The number of nitrogens with zero attached hydrogens (tertiary/aromatic N) is 4. The molecule has 0 atom stereocenters. The molecule has 0 aliphatic heterocycles. The second kappa shape index (κ2) is 3.54. The first-order valence-corrected chi connectivity index (χ1v) is 4.62. The predicted octanol–water partition coefficient (Wildman–Crippen LogP) is 1.76. The van der Waals surface area contributed by atoms with Gasteiger partial charge in [-0.25, -0.2) is 4.68 Å². The maximum atomic E-state index is 8.77. The van der Waals surface area contributed by atoms with Crippen LogP contribution in [0.2, 0.25) is 0 Å². The predicted molar refractivity (Wildman–Crippen MR) is 55.5 cm³/mol. The molecular formula is C11H10N4. The number of benzene rings is 1. The molecule has 2 aromatic rings. The summed E-state index contributed by atoms with van der Waals surface area (Å²) >= 11 is 0. The van der Waals surface area contributed by atoms with Crippen LogP contribution in [0.5, 0.6) is 0 Å². The lowest BCUT2D eigenvalue weighted by molar-refractivity contribution is 0.784. The minimum atomic E-state index is 0.372. The van der Waals surface area contributed by atoms with Gasteiger partial charge in [-0.1, -0.05) is 17.3 Å². The van der Waals surface area contributed by atoms with Gasteiger partial charge in [0.2, 0.25) is 0 Å². The van der Waals surface area contributed by atoms with Gasteiger partial charge in [-0.15, -0.1) is 5.10 Å². The van der Waals surface area contributed by atoms with Crippen molar-refractivity contribution in [3.05, 3.63) is 41.2 Å². The van der Waals surface area contributed by atoms with E-state index >= 15 is 0 Å². The summed E-state index contributed by atoms with van der Waals surface area (Å²) < 4.78 is 1.67. The lowest BCUT2D eigenvalue weighted by atomic mass is 10.2. The normalized spacial score (nSPS) is 9.93. The van der Waals surface area contributed by atoms with E-state index in [0.29, 0.717) is 5.69 Å². The van der Waals surface area contributed by atoms with E-state index in [1.165, 1.54) is 0 Å². The summed E-state index contributed by atoms with van der Waals surface area (Å²) in [7, 11) is 0. The standard InChI is InChI=1S/C11H10N4/c1-8-4-3-5-10(6-8)15-9(2)11(7-12)13-14-15/h3-6H,1-2H3. The van der Waals surface area contributed by atoms with Gasteiger partial charge in [0.15, 0.2) is 5.69 Å². The van der Waals surface area contributed by atoms with E-state index in [1.54, 1.807) is 4.68 Å². The van der Waals surface area contributed by atoms with Crippen molar-refractivity contribution < 1.29 is 0 Å². The fourth-order valence-electron chi connectivity index (χ4n) is 1.44. The molecule has 1 aromatic carbocycles. The lowest BCUT2D eigenvalue weighted by Crippen LogP contribution is -1.99. The van der Waals surface area contributed by atoms with Gasteiger partial charge in [-0.2, -0.15) is 5.26 Å². The molecular weight excluding hydrogens is 188 g/mol. The second-order valence-electron chi connectivity index (χ2n) is 3.39. The first-order chi connectivity index (χ1) is 7.22. The molecule has 15 heavy (non-hydrogen) atoms. The molecule has 4 nitrogen and oxygen atoms in total. The molecule has 0 fully saturated rings. The summed E-state index contributed by atoms with van der Waals surface area (Å²) in [5, 5.41) is 16.5. The number of hydrogen-bond donors (Lipinski definition) is 0. The van der Waals surface area contributed by atoms with Gasteiger partial charge < -0.3 is 0 Å². The first-order valence-electron chi connectivity index (χ1n) is 4.62.